The molecular weight excluding hydrogens is 444 g/mol. The SMILES string of the molecule is CSCCNC(=O)CCCC1CCC2C3C(O)CC4CC(O)C(F)(F)CC4(C)C3CCC12C. The highest BCUT2D eigenvalue weighted by Crippen LogP contribution is 2.68. The Kier molecular flexibility index (Phi) is 7.45. The number of amides is 1. The second-order valence-electron chi connectivity index (χ2n) is 12.0. The Balaban J connectivity index is 1.42. The summed E-state index contributed by atoms with van der Waals surface area (Å²) < 4.78 is 29.3. The third-order valence-electron chi connectivity index (χ3n) is 10.5. The lowest BCUT2D eigenvalue weighted by molar-refractivity contribution is -0.235. The lowest BCUT2D eigenvalue weighted by atomic mass is 9.43. The molecule has 0 aromatic rings. The third-order valence-corrected chi connectivity index (χ3v) is 11.1. The van der Waals surface area contributed by atoms with Gasteiger partial charge in [0.05, 0.1) is 6.10 Å². The first kappa shape index (κ1) is 25.7. The highest BCUT2D eigenvalue weighted by Gasteiger charge is 2.65. The molecule has 7 heteroatoms. The van der Waals surface area contributed by atoms with E-state index < -0.39 is 23.5 Å². The number of nitrogens with one attached hydrogen (secondary N) is 1. The molecule has 0 aromatic heterocycles. The molecule has 33 heavy (non-hydrogen) atoms. The summed E-state index contributed by atoms with van der Waals surface area (Å²) in [5, 5.41) is 24.3. The minimum absolute atomic E-state index is 0.0328. The summed E-state index contributed by atoms with van der Waals surface area (Å²) in [6, 6.07) is 0. The maximum atomic E-state index is 14.6. The number of thioether (sulfide) groups is 1. The summed E-state index contributed by atoms with van der Waals surface area (Å²) in [6.07, 6.45) is 6.94. The van der Waals surface area contributed by atoms with E-state index in [1.54, 1.807) is 11.8 Å². The molecule has 4 saturated carbocycles. The van der Waals surface area contributed by atoms with Gasteiger partial charge in [0.1, 0.15) is 6.10 Å². The van der Waals surface area contributed by atoms with Crippen LogP contribution in [-0.2, 0) is 4.79 Å². The van der Waals surface area contributed by atoms with Crippen LogP contribution < -0.4 is 5.32 Å². The van der Waals surface area contributed by atoms with Crippen LogP contribution in [0.15, 0.2) is 0 Å². The van der Waals surface area contributed by atoms with Gasteiger partial charge in [-0.05, 0) is 98.0 Å². The number of hydrogen-bond acceptors (Lipinski definition) is 4. The standard InChI is InChI=1S/C26H43F2NO3S/c1-24-10-9-19-23(20(30)13-17-14-21(31)26(27,28)15-25(17,19)2)18(24)8-7-16(24)5-4-6-22(32)29-11-12-33-3/h16-21,23,30-31H,4-15H2,1-3H3,(H,29,32). The molecule has 3 N–H and O–H groups in total. The number of aliphatic hydroxyl groups excluding tert-OH is 2. The van der Waals surface area contributed by atoms with Crippen molar-refractivity contribution in [3.05, 3.63) is 0 Å². The van der Waals surface area contributed by atoms with Crippen LogP contribution in [-0.4, -0.2) is 52.8 Å². The molecule has 0 bridgehead atoms. The van der Waals surface area contributed by atoms with Crippen LogP contribution in [0.1, 0.15) is 78.1 Å². The molecule has 0 aromatic carbocycles. The van der Waals surface area contributed by atoms with Crippen LogP contribution in [0.2, 0.25) is 0 Å². The minimum Gasteiger partial charge on any atom is -0.393 e. The summed E-state index contributed by atoms with van der Waals surface area (Å²) in [5.41, 5.74) is -0.391. The molecule has 0 radical (unpaired) electrons. The number of aliphatic hydroxyl groups is 2. The van der Waals surface area contributed by atoms with Crippen molar-refractivity contribution in [3.63, 3.8) is 0 Å². The van der Waals surface area contributed by atoms with Gasteiger partial charge in [-0.1, -0.05) is 13.8 Å². The Morgan fingerprint density at radius 1 is 1.09 bits per heavy atom. The average Bonchev–Trinajstić information content (AvgIpc) is 3.07. The highest BCUT2D eigenvalue weighted by molar-refractivity contribution is 7.98. The predicted molar refractivity (Wildman–Crippen MR) is 128 cm³/mol. The van der Waals surface area contributed by atoms with E-state index in [0.29, 0.717) is 24.7 Å². The summed E-state index contributed by atoms with van der Waals surface area (Å²) in [4.78, 5) is 12.1. The van der Waals surface area contributed by atoms with E-state index in [0.717, 1.165) is 50.8 Å². The Hall–Kier alpha value is -0.400. The van der Waals surface area contributed by atoms with E-state index in [-0.39, 0.29) is 41.9 Å². The Morgan fingerprint density at radius 3 is 2.55 bits per heavy atom. The summed E-state index contributed by atoms with van der Waals surface area (Å²) >= 11 is 1.73. The molecule has 190 valence electrons. The zero-order chi connectivity index (χ0) is 24.0. The van der Waals surface area contributed by atoms with Crippen molar-refractivity contribution in [1.82, 2.24) is 5.32 Å². The first-order valence-electron chi connectivity index (χ1n) is 13.0. The van der Waals surface area contributed by atoms with Gasteiger partial charge in [-0.3, -0.25) is 4.79 Å². The van der Waals surface area contributed by atoms with Crippen LogP contribution in [0.4, 0.5) is 8.78 Å². The Morgan fingerprint density at radius 2 is 1.82 bits per heavy atom. The van der Waals surface area contributed by atoms with E-state index in [4.69, 9.17) is 0 Å². The number of halogens is 2. The second-order valence-corrected chi connectivity index (χ2v) is 13.0. The molecule has 0 heterocycles. The molecule has 4 aliphatic carbocycles. The summed E-state index contributed by atoms with van der Waals surface area (Å²) in [5.74, 6) is -0.916. The maximum Gasteiger partial charge on any atom is 0.274 e. The van der Waals surface area contributed by atoms with Gasteiger partial charge in [-0.15, -0.1) is 0 Å². The fourth-order valence-electron chi connectivity index (χ4n) is 8.70. The minimum atomic E-state index is -3.03. The lowest BCUT2D eigenvalue weighted by Gasteiger charge is -2.63. The molecule has 0 spiro atoms. The molecule has 0 aliphatic heterocycles. The van der Waals surface area contributed by atoms with Crippen molar-refractivity contribution in [2.24, 2.45) is 40.4 Å². The van der Waals surface area contributed by atoms with Crippen molar-refractivity contribution >= 4 is 17.7 Å². The van der Waals surface area contributed by atoms with E-state index >= 15 is 0 Å². The van der Waals surface area contributed by atoms with Gasteiger partial charge in [0.15, 0.2) is 0 Å². The first-order chi connectivity index (χ1) is 15.5. The predicted octanol–water partition coefficient (Wildman–Crippen LogP) is 4.87. The van der Waals surface area contributed by atoms with E-state index in [9.17, 15) is 23.8 Å². The second kappa shape index (κ2) is 9.57. The number of rotatable bonds is 7. The first-order valence-corrected chi connectivity index (χ1v) is 14.4. The third kappa shape index (κ3) is 4.60. The van der Waals surface area contributed by atoms with Gasteiger partial charge >= 0.3 is 0 Å². The normalized spacial score (nSPS) is 46.2. The number of carbonyl (C=O) groups excluding carboxylic acids is 1. The number of fused-ring (bicyclic) bond motifs is 5. The Bertz CT molecular complexity index is 724. The van der Waals surface area contributed by atoms with Gasteiger partial charge in [-0.2, -0.15) is 11.8 Å². The molecule has 1 amide bonds. The van der Waals surface area contributed by atoms with Crippen molar-refractivity contribution in [3.8, 4) is 0 Å². The Labute approximate surface area is 202 Å². The zero-order valence-electron chi connectivity index (χ0n) is 20.5. The zero-order valence-corrected chi connectivity index (χ0v) is 21.3. The van der Waals surface area contributed by atoms with Crippen molar-refractivity contribution < 1.29 is 23.8 Å². The summed E-state index contributed by atoms with van der Waals surface area (Å²) in [6.45, 7) is 5.11. The molecule has 9 atom stereocenters. The number of alkyl halides is 2. The van der Waals surface area contributed by atoms with E-state index in [1.165, 1.54) is 0 Å². The molecule has 9 unspecified atom stereocenters. The summed E-state index contributed by atoms with van der Waals surface area (Å²) in [7, 11) is 0. The van der Waals surface area contributed by atoms with Gasteiger partial charge in [0.25, 0.3) is 5.92 Å². The fraction of sp³-hybridized carbons (Fsp3) is 0.962. The monoisotopic (exact) mass is 487 g/mol. The van der Waals surface area contributed by atoms with E-state index in [1.807, 2.05) is 13.2 Å². The van der Waals surface area contributed by atoms with E-state index in [2.05, 4.69) is 12.2 Å². The maximum absolute atomic E-state index is 14.6. The fourth-order valence-corrected chi connectivity index (χ4v) is 9.01. The quantitative estimate of drug-likeness (QED) is 0.448. The number of hydrogen-bond donors (Lipinski definition) is 3. The van der Waals surface area contributed by atoms with Gasteiger partial charge in [0.2, 0.25) is 5.91 Å². The molecule has 4 fully saturated rings. The van der Waals surface area contributed by atoms with Crippen molar-refractivity contribution in [1.29, 1.82) is 0 Å². The number of carbonyl (C=O) groups is 1. The average molecular weight is 488 g/mol. The highest BCUT2D eigenvalue weighted by atomic mass is 32.2. The van der Waals surface area contributed by atoms with Crippen LogP contribution in [0.25, 0.3) is 0 Å². The topological polar surface area (TPSA) is 69.6 Å². The lowest BCUT2D eigenvalue weighted by Crippen LogP contribution is -2.61. The van der Waals surface area contributed by atoms with Crippen molar-refractivity contribution in [2.75, 3.05) is 18.6 Å². The molecule has 4 nitrogen and oxygen atoms in total. The molecular formula is C26H43F2NO3S. The molecule has 4 rings (SSSR count). The van der Waals surface area contributed by atoms with Crippen LogP contribution in [0.5, 0.6) is 0 Å². The van der Waals surface area contributed by atoms with Gasteiger partial charge < -0.3 is 15.5 Å². The molecule has 0 saturated heterocycles. The largest absolute Gasteiger partial charge is 0.393 e. The van der Waals surface area contributed by atoms with Crippen LogP contribution in [0.3, 0.4) is 0 Å². The van der Waals surface area contributed by atoms with Crippen molar-refractivity contribution in [2.45, 2.75) is 96.2 Å². The van der Waals surface area contributed by atoms with Crippen LogP contribution >= 0.6 is 11.8 Å². The van der Waals surface area contributed by atoms with Gasteiger partial charge in [-0.25, -0.2) is 8.78 Å². The smallest absolute Gasteiger partial charge is 0.274 e. The molecule has 4 aliphatic rings. The van der Waals surface area contributed by atoms with Crippen LogP contribution in [0, 0.1) is 40.4 Å². The van der Waals surface area contributed by atoms with Gasteiger partial charge in [0, 0.05) is 25.1 Å².